The summed E-state index contributed by atoms with van der Waals surface area (Å²) < 4.78 is 24.5. The van der Waals surface area contributed by atoms with Crippen LogP contribution in [0.4, 0.5) is 5.69 Å². The summed E-state index contributed by atoms with van der Waals surface area (Å²) in [6.45, 7) is 0.528. The zero-order valence-electron chi connectivity index (χ0n) is 15.2. The number of carbonyl (C=O) groups excluding carboxylic acids is 2. The second-order valence-electron chi connectivity index (χ2n) is 6.66. The van der Waals surface area contributed by atoms with Gasteiger partial charge in [-0.3, -0.25) is 9.59 Å². The molecule has 0 bridgehead atoms. The molecule has 1 fully saturated rings. The van der Waals surface area contributed by atoms with E-state index in [0.29, 0.717) is 17.1 Å². The average Bonchev–Trinajstić information content (AvgIpc) is 3.08. The monoisotopic (exact) mass is 420 g/mol. The molecule has 0 radical (unpaired) electrons. The molecule has 148 valence electrons. The van der Waals surface area contributed by atoms with Crippen LogP contribution < -0.4 is 10.2 Å². The van der Waals surface area contributed by atoms with Gasteiger partial charge in [-0.15, -0.1) is 0 Å². The van der Waals surface area contributed by atoms with E-state index in [9.17, 15) is 18.0 Å². The Kier molecular flexibility index (Phi) is 6.36. The van der Waals surface area contributed by atoms with E-state index in [1.54, 1.807) is 59.5 Å². The number of nitrogens with zero attached hydrogens (tertiary/aromatic N) is 1. The standard InChI is InChI=1S/C20H21ClN2O4S/c21-16-6-4-7-17(13-16)23-14-15(12-19(23)24)20(25)22-10-5-11-28(26,27)18-8-2-1-3-9-18/h1-4,6-9,13,15H,5,10-12,14H2,(H,22,25). The van der Waals surface area contributed by atoms with E-state index in [0.717, 1.165) is 0 Å². The van der Waals surface area contributed by atoms with Gasteiger partial charge in [0.1, 0.15) is 0 Å². The van der Waals surface area contributed by atoms with E-state index in [2.05, 4.69) is 5.32 Å². The smallest absolute Gasteiger partial charge is 0.227 e. The molecule has 1 aliphatic heterocycles. The molecule has 1 N–H and O–H groups in total. The molecule has 0 aliphatic carbocycles. The Morgan fingerprint density at radius 1 is 1.14 bits per heavy atom. The highest BCUT2D eigenvalue weighted by Crippen LogP contribution is 2.27. The highest BCUT2D eigenvalue weighted by Gasteiger charge is 2.35. The molecular weight excluding hydrogens is 400 g/mol. The van der Waals surface area contributed by atoms with Crippen molar-refractivity contribution in [2.75, 3.05) is 23.7 Å². The van der Waals surface area contributed by atoms with Gasteiger partial charge >= 0.3 is 0 Å². The Morgan fingerprint density at radius 2 is 1.89 bits per heavy atom. The molecule has 1 heterocycles. The van der Waals surface area contributed by atoms with Gasteiger partial charge in [-0.25, -0.2) is 8.42 Å². The summed E-state index contributed by atoms with van der Waals surface area (Å²) in [6, 6.07) is 15.2. The van der Waals surface area contributed by atoms with Crippen LogP contribution in [0.1, 0.15) is 12.8 Å². The molecule has 0 spiro atoms. The first-order chi connectivity index (χ1) is 13.4. The van der Waals surface area contributed by atoms with Crippen molar-refractivity contribution in [1.82, 2.24) is 5.32 Å². The fourth-order valence-electron chi connectivity index (χ4n) is 3.14. The van der Waals surface area contributed by atoms with Gasteiger partial charge in [-0.2, -0.15) is 0 Å². The number of anilines is 1. The van der Waals surface area contributed by atoms with Gasteiger partial charge in [0, 0.05) is 30.2 Å². The Morgan fingerprint density at radius 3 is 2.61 bits per heavy atom. The van der Waals surface area contributed by atoms with Crippen LogP contribution in [0, 0.1) is 5.92 Å². The number of hydrogen-bond donors (Lipinski definition) is 1. The van der Waals surface area contributed by atoms with Crippen molar-refractivity contribution >= 4 is 38.9 Å². The quantitative estimate of drug-likeness (QED) is 0.698. The number of amides is 2. The van der Waals surface area contributed by atoms with Crippen molar-refractivity contribution in [3.63, 3.8) is 0 Å². The summed E-state index contributed by atoms with van der Waals surface area (Å²) in [5.41, 5.74) is 0.668. The molecule has 0 saturated carbocycles. The zero-order valence-corrected chi connectivity index (χ0v) is 16.7. The molecule has 2 aromatic carbocycles. The van der Waals surface area contributed by atoms with Gasteiger partial charge in [0.15, 0.2) is 9.84 Å². The number of hydrogen-bond acceptors (Lipinski definition) is 4. The Labute approximate surface area is 169 Å². The summed E-state index contributed by atoms with van der Waals surface area (Å²) in [5.74, 6) is -0.878. The highest BCUT2D eigenvalue weighted by molar-refractivity contribution is 7.91. The van der Waals surface area contributed by atoms with Crippen LogP contribution in [0.5, 0.6) is 0 Å². The minimum atomic E-state index is -3.36. The van der Waals surface area contributed by atoms with Gasteiger partial charge in [-0.05, 0) is 36.8 Å². The molecule has 8 heteroatoms. The van der Waals surface area contributed by atoms with Crippen LogP contribution in [0.3, 0.4) is 0 Å². The number of benzene rings is 2. The maximum absolute atomic E-state index is 12.4. The van der Waals surface area contributed by atoms with Gasteiger partial charge in [-0.1, -0.05) is 35.9 Å². The van der Waals surface area contributed by atoms with Gasteiger partial charge in [0.2, 0.25) is 11.8 Å². The summed E-state index contributed by atoms with van der Waals surface area (Å²) in [6.07, 6.45) is 0.433. The van der Waals surface area contributed by atoms with E-state index < -0.39 is 15.8 Å². The number of carbonyl (C=O) groups is 2. The third-order valence-electron chi connectivity index (χ3n) is 4.61. The normalized spacial score (nSPS) is 17.0. The fraction of sp³-hybridized carbons (Fsp3) is 0.300. The van der Waals surface area contributed by atoms with Crippen molar-refractivity contribution in [3.05, 3.63) is 59.6 Å². The summed E-state index contributed by atoms with van der Waals surface area (Å²) >= 11 is 5.97. The maximum atomic E-state index is 12.4. The number of halogens is 1. The predicted octanol–water partition coefficient (Wildman–Crippen LogP) is 2.67. The topological polar surface area (TPSA) is 83.5 Å². The highest BCUT2D eigenvalue weighted by atomic mass is 35.5. The van der Waals surface area contributed by atoms with Gasteiger partial charge in [0.05, 0.1) is 16.6 Å². The molecule has 2 aromatic rings. The lowest BCUT2D eigenvalue weighted by Crippen LogP contribution is -2.34. The summed E-state index contributed by atoms with van der Waals surface area (Å²) in [7, 11) is -3.36. The first-order valence-corrected chi connectivity index (χ1v) is 11.0. The lowest BCUT2D eigenvalue weighted by atomic mass is 10.1. The first-order valence-electron chi connectivity index (χ1n) is 8.98. The number of nitrogens with one attached hydrogen (secondary N) is 1. The predicted molar refractivity (Wildman–Crippen MR) is 108 cm³/mol. The molecule has 0 aromatic heterocycles. The van der Waals surface area contributed by atoms with Crippen LogP contribution in [-0.2, 0) is 19.4 Å². The summed E-state index contributed by atoms with van der Waals surface area (Å²) in [5, 5.41) is 3.27. The van der Waals surface area contributed by atoms with Crippen LogP contribution in [0.25, 0.3) is 0 Å². The molecule has 2 amide bonds. The van der Waals surface area contributed by atoms with Gasteiger partial charge < -0.3 is 10.2 Å². The van der Waals surface area contributed by atoms with Crippen molar-refractivity contribution in [3.8, 4) is 0 Å². The van der Waals surface area contributed by atoms with Crippen molar-refractivity contribution in [2.24, 2.45) is 5.92 Å². The van der Waals surface area contributed by atoms with Crippen molar-refractivity contribution in [1.29, 1.82) is 0 Å². The molecule has 1 saturated heterocycles. The van der Waals surface area contributed by atoms with Crippen LogP contribution >= 0.6 is 11.6 Å². The lowest BCUT2D eigenvalue weighted by Gasteiger charge is -2.17. The Balaban J connectivity index is 1.49. The Bertz CT molecular complexity index is 963. The van der Waals surface area contributed by atoms with E-state index in [4.69, 9.17) is 11.6 Å². The van der Waals surface area contributed by atoms with E-state index >= 15 is 0 Å². The number of sulfone groups is 1. The first kappa shape index (κ1) is 20.4. The molecule has 1 unspecified atom stereocenters. The minimum absolute atomic E-state index is 0.0461. The third-order valence-corrected chi connectivity index (χ3v) is 6.66. The average molecular weight is 421 g/mol. The second kappa shape index (κ2) is 8.75. The summed E-state index contributed by atoms with van der Waals surface area (Å²) in [4.78, 5) is 26.4. The number of rotatable bonds is 7. The van der Waals surface area contributed by atoms with Gasteiger partial charge in [0.25, 0.3) is 0 Å². The van der Waals surface area contributed by atoms with E-state index in [-0.39, 0.29) is 42.0 Å². The van der Waals surface area contributed by atoms with Crippen molar-refractivity contribution < 1.29 is 18.0 Å². The molecular formula is C20H21ClN2O4S. The van der Waals surface area contributed by atoms with E-state index in [1.807, 2.05) is 0 Å². The SMILES string of the molecule is O=C(NCCCS(=O)(=O)c1ccccc1)C1CC(=O)N(c2cccc(Cl)c2)C1. The largest absolute Gasteiger partial charge is 0.356 e. The lowest BCUT2D eigenvalue weighted by molar-refractivity contribution is -0.126. The zero-order chi connectivity index (χ0) is 20.1. The second-order valence-corrected chi connectivity index (χ2v) is 9.21. The van der Waals surface area contributed by atoms with E-state index in [1.165, 1.54) is 0 Å². The molecule has 6 nitrogen and oxygen atoms in total. The van der Waals surface area contributed by atoms with Crippen LogP contribution in [-0.4, -0.2) is 39.1 Å². The molecule has 1 aliphatic rings. The maximum Gasteiger partial charge on any atom is 0.227 e. The van der Waals surface area contributed by atoms with Crippen molar-refractivity contribution in [2.45, 2.75) is 17.7 Å². The molecule has 1 atom stereocenters. The van der Waals surface area contributed by atoms with Crippen LogP contribution in [0.15, 0.2) is 59.5 Å². The minimum Gasteiger partial charge on any atom is -0.356 e. The fourth-order valence-corrected chi connectivity index (χ4v) is 4.66. The Hall–Kier alpha value is -2.38. The third kappa shape index (κ3) is 4.91. The van der Waals surface area contributed by atoms with Crippen LogP contribution in [0.2, 0.25) is 5.02 Å². The molecule has 3 rings (SSSR count). The molecule has 28 heavy (non-hydrogen) atoms.